The Morgan fingerprint density at radius 1 is 0.684 bits per heavy atom. The molecule has 1 aromatic heterocycles. The summed E-state index contributed by atoms with van der Waals surface area (Å²) in [6, 6.07) is 10.3. The van der Waals surface area contributed by atoms with Gasteiger partial charge in [-0.15, -0.1) is 0 Å². The fourth-order valence-corrected chi connectivity index (χ4v) is 5.63. The highest BCUT2D eigenvalue weighted by atomic mass is 15.1. The van der Waals surface area contributed by atoms with E-state index in [9.17, 15) is 0 Å². The molecule has 2 fully saturated rings. The molecule has 4 rings (SSSR count). The van der Waals surface area contributed by atoms with Crippen molar-refractivity contribution in [2.45, 2.75) is 109 Å². The Kier molecular flexibility index (Phi) is 12.6. The summed E-state index contributed by atoms with van der Waals surface area (Å²) < 4.78 is 0. The van der Waals surface area contributed by atoms with Crippen LogP contribution in [0.25, 0.3) is 0 Å². The standard InChI is InChI=1S/C31H51N7/c1-25-22-36-31(38-30(25)35-21-9-20-34-29-12-6-3-7-13-29)37-24-27-16-14-26(15-17-27)23-32-18-8-19-33-28-10-4-2-5-11-28/h14-17,22,28-29,32-34H,2-13,18-21,23-24H2,1H3,(H2,35,36,37,38). The lowest BCUT2D eigenvalue weighted by atomic mass is 9.95. The zero-order valence-corrected chi connectivity index (χ0v) is 23.7. The van der Waals surface area contributed by atoms with Gasteiger partial charge in [0.25, 0.3) is 0 Å². The van der Waals surface area contributed by atoms with Crippen LogP contribution in [-0.4, -0.2) is 48.2 Å². The predicted molar refractivity (Wildman–Crippen MR) is 160 cm³/mol. The Morgan fingerprint density at radius 3 is 1.89 bits per heavy atom. The lowest BCUT2D eigenvalue weighted by Crippen LogP contribution is -2.33. The van der Waals surface area contributed by atoms with Crippen molar-refractivity contribution in [3.63, 3.8) is 0 Å². The minimum Gasteiger partial charge on any atom is -0.370 e. The third-order valence-corrected chi connectivity index (χ3v) is 8.03. The van der Waals surface area contributed by atoms with Crippen LogP contribution in [0.1, 0.15) is 93.7 Å². The van der Waals surface area contributed by atoms with Crippen molar-refractivity contribution in [1.82, 2.24) is 25.9 Å². The molecule has 0 bridgehead atoms. The summed E-state index contributed by atoms with van der Waals surface area (Å²) >= 11 is 0. The van der Waals surface area contributed by atoms with Crippen LogP contribution in [0.5, 0.6) is 0 Å². The van der Waals surface area contributed by atoms with E-state index in [1.54, 1.807) is 0 Å². The molecule has 0 radical (unpaired) electrons. The fraction of sp³-hybridized carbons (Fsp3) is 0.677. The number of nitrogens with zero attached hydrogens (tertiary/aromatic N) is 2. The Hall–Kier alpha value is -2.22. The molecule has 1 heterocycles. The first-order valence-corrected chi connectivity index (χ1v) is 15.3. The fourth-order valence-electron chi connectivity index (χ4n) is 5.63. The Balaban J connectivity index is 1.09. The number of hydrogen-bond acceptors (Lipinski definition) is 7. The average molecular weight is 522 g/mol. The van der Waals surface area contributed by atoms with Crippen molar-refractivity contribution < 1.29 is 0 Å². The van der Waals surface area contributed by atoms with Crippen molar-refractivity contribution in [3.05, 3.63) is 47.2 Å². The van der Waals surface area contributed by atoms with Crippen molar-refractivity contribution >= 4 is 11.8 Å². The molecule has 0 aliphatic heterocycles. The highest BCUT2D eigenvalue weighted by Gasteiger charge is 2.12. The summed E-state index contributed by atoms with van der Waals surface area (Å²) in [5.74, 6) is 1.60. The second kappa shape index (κ2) is 16.7. The molecule has 7 nitrogen and oxygen atoms in total. The van der Waals surface area contributed by atoms with Gasteiger partial charge in [-0.2, -0.15) is 4.98 Å². The normalized spacial score (nSPS) is 17.0. The van der Waals surface area contributed by atoms with E-state index in [4.69, 9.17) is 4.98 Å². The first-order chi connectivity index (χ1) is 18.8. The molecule has 0 amide bonds. The molecule has 2 aromatic rings. The molecule has 2 saturated carbocycles. The van der Waals surface area contributed by atoms with Crippen LogP contribution in [-0.2, 0) is 13.1 Å². The molecule has 1 aromatic carbocycles. The van der Waals surface area contributed by atoms with Crippen LogP contribution in [0.4, 0.5) is 11.8 Å². The summed E-state index contributed by atoms with van der Waals surface area (Å²) in [5.41, 5.74) is 3.64. The van der Waals surface area contributed by atoms with Gasteiger partial charge in [-0.25, -0.2) is 4.98 Å². The second-order valence-electron chi connectivity index (χ2n) is 11.3. The molecular weight excluding hydrogens is 470 g/mol. The van der Waals surface area contributed by atoms with Gasteiger partial charge in [0.15, 0.2) is 0 Å². The van der Waals surface area contributed by atoms with E-state index in [1.807, 2.05) is 6.20 Å². The number of aromatic nitrogens is 2. The van der Waals surface area contributed by atoms with E-state index >= 15 is 0 Å². The largest absolute Gasteiger partial charge is 0.370 e. The highest BCUT2D eigenvalue weighted by Crippen LogP contribution is 2.18. The predicted octanol–water partition coefficient (Wildman–Crippen LogP) is 5.52. The molecule has 0 unspecified atom stereocenters. The van der Waals surface area contributed by atoms with Crippen LogP contribution in [0, 0.1) is 6.92 Å². The van der Waals surface area contributed by atoms with Gasteiger partial charge in [0.05, 0.1) is 0 Å². The van der Waals surface area contributed by atoms with E-state index in [2.05, 4.69) is 62.8 Å². The van der Waals surface area contributed by atoms with Gasteiger partial charge in [-0.3, -0.25) is 0 Å². The Bertz CT molecular complexity index is 905. The molecule has 38 heavy (non-hydrogen) atoms. The van der Waals surface area contributed by atoms with E-state index in [0.717, 1.165) is 62.6 Å². The SMILES string of the molecule is Cc1cnc(NCc2ccc(CNCCCNC3CCCCC3)cc2)nc1NCCCNC1CCCCC1. The van der Waals surface area contributed by atoms with E-state index < -0.39 is 0 Å². The molecule has 7 heteroatoms. The number of hydrogen-bond donors (Lipinski definition) is 5. The summed E-state index contributed by atoms with van der Waals surface area (Å²) in [5, 5.41) is 17.9. The highest BCUT2D eigenvalue weighted by molar-refractivity contribution is 5.46. The van der Waals surface area contributed by atoms with E-state index in [0.29, 0.717) is 12.5 Å². The van der Waals surface area contributed by atoms with Gasteiger partial charge in [0.1, 0.15) is 5.82 Å². The van der Waals surface area contributed by atoms with Crippen molar-refractivity contribution in [2.75, 3.05) is 36.8 Å². The Labute approximate surface area is 230 Å². The van der Waals surface area contributed by atoms with Gasteiger partial charge in [0, 0.05) is 43.5 Å². The van der Waals surface area contributed by atoms with Crippen molar-refractivity contribution in [3.8, 4) is 0 Å². The number of nitrogens with one attached hydrogen (secondary N) is 5. The molecular formula is C31H51N7. The summed E-state index contributed by atoms with van der Waals surface area (Å²) in [7, 11) is 0. The number of aryl methyl sites for hydroxylation is 1. The molecule has 5 N–H and O–H groups in total. The van der Waals surface area contributed by atoms with Crippen LogP contribution in [0.15, 0.2) is 30.5 Å². The third-order valence-electron chi connectivity index (χ3n) is 8.03. The average Bonchev–Trinajstić information content (AvgIpc) is 2.96. The first kappa shape index (κ1) is 28.8. The maximum Gasteiger partial charge on any atom is 0.224 e. The lowest BCUT2D eigenvalue weighted by Gasteiger charge is -2.22. The molecule has 0 spiro atoms. The van der Waals surface area contributed by atoms with Crippen LogP contribution in [0.3, 0.4) is 0 Å². The van der Waals surface area contributed by atoms with E-state index in [1.165, 1.54) is 81.8 Å². The second-order valence-corrected chi connectivity index (χ2v) is 11.3. The molecule has 210 valence electrons. The monoisotopic (exact) mass is 521 g/mol. The molecule has 0 saturated heterocycles. The maximum absolute atomic E-state index is 4.72. The molecule has 2 aliphatic carbocycles. The maximum atomic E-state index is 4.72. The lowest BCUT2D eigenvalue weighted by molar-refractivity contribution is 0.371. The summed E-state index contributed by atoms with van der Waals surface area (Å²) in [4.78, 5) is 9.20. The van der Waals surface area contributed by atoms with Gasteiger partial charge < -0.3 is 26.6 Å². The van der Waals surface area contributed by atoms with Crippen molar-refractivity contribution in [2.24, 2.45) is 0 Å². The van der Waals surface area contributed by atoms with Crippen LogP contribution < -0.4 is 26.6 Å². The van der Waals surface area contributed by atoms with Gasteiger partial charge in [-0.05, 0) is 76.2 Å². The molecule has 0 atom stereocenters. The summed E-state index contributed by atoms with van der Waals surface area (Å²) in [6.07, 6.45) is 18.0. The van der Waals surface area contributed by atoms with Gasteiger partial charge in [-0.1, -0.05) is 62.8 Å². The zero-order chi connectivity index (χ0) is 26.3. The summed E-state index contributed by atoms with van der Waals surface area (Å²) in [6.45, 7) is 7.86. The number of anilines is 2. The third kappa shape index (κ3) is 10.5. The number of benzene rings is 1. The quantitative estimate of drug-likeness (QED) is 0.186. The van der Waals surface area contributed by atoms with Crippen LogP contribution >= 0.6 is 0 Å². The Morgan fingerprint density at radius 2 is 1.26 bits per heavy atom. The minimum atomic E-state index is 0.672. The molecule has 2 aliphatic rings. The van der Waals surface area contributed by atoms with Gasteiger partial charge in [0.2, 0.25) is 5.95 Å². The first-order valence-electron chi connectivity index (χ1n) is 15.3. The number of rotatable bonds is 16. The van der Waals surface area contributed by atoms with E-state index in [-0.39, 0.29) is 0 Å². The topological polar surface area (TPSA) is 85.9 Å². The van der Waals surface area contributed by atoms with Crippen molar-refractivity contribution in [1.29, 1.82) is 0 Å². The van der Waals surface area contributed by atoms with Crippen LogP contribution in [0.2, 0.25) is 0 Å². The zero-order valence-electron chi connectivity index (χ0n) is 23.7. The smallest absolute Gasteiger partial charge is 0.224 e. The minimum absolute atomic E-state index is 0.672. The van der Waals surface area contributed by atoms with Gasteiger partial charge >= 0.3 is 0 Å².